The van der Waals surface area contributed by atoms with Crippen LogP contribution < -0.4 is 10.6 Å². The maximum absolute atomic E-state index is 13.9. The molecule has 2 amide bonds. The number of fused-ring (bicyclic) bond motifs is 5. The first-order valence-electron chi connectivity index (χ1n) is 13.8. The molecule has 254 valence electrons. The number of anilines is 2. The quantitative estimate of drug-likeness (QED) is 0.176. The lowest BCUT2D eigenvalue weighted by Crippen LogP contribution is -2.14. The largest absolute Gasteiger partial charge is 0.320 e. The van der Waals surface area contributed by atoms with Crippen molar-refractivity contribution in [2.75, 3.05) is 10.6 Å². The first kappa shape index (κ1) is 33.0. The highest BCUT2D eigenvalue weighted by molar-refractivity contribution is 7.92. The molecule has 4 aromatic heterocycles. The van der Waals surface area contributed by atoms with Crippen LogP contribution in [-0.2, 0) is 44.2 Å². The number of hydrogen-bond acceptors (Lipinski definition) is 12. The minimum Gasteiger partial charge on any atom is -0.320 e. The van der Waals surface area contributed by atoms with Gasteiger partial charge in [-0.05, 0) is 50.2 Å². The summed E-state index contributed by atoms with van der Waals surface area (Å²) >= 11 is 2.10. The van der Waals surface area contributed by atoms with E-state index in [9.17, 15) is 43.9 Å². The van der Waals surface area contributed by atoms with Crippen molar-refractivity contribution in [3.63, 3.8) is 0 Å². The van der Waals surface area contributed by atoms with Crippen LogP contribution in [0.25, 0.3) is 31.6 Å². The van der Waals surface area contributed by atoms with Crippen molar-refractivity contribution in [1.29, 1.82) is 0 Å². The van der Waals surface area contributed by atoms with Crippen molar-refractivity contribution in [3.05, 3.63) is 57.5 Å². The standard InChI is InChI=1S/C28H22N6O10S5/c1-11-13-5-19(45-27(13)33(3)31-11)25(35)29-17-9-21-15(7-23(17)48(39,40)41)16-8-24(49(42,43)44)18(10-22(16)47(21,37)38)30-26(36)20-6-14-12(2)32-34(4)28(14)46-20/h5-10H,1-4H3,(H,29,35)(H,30,36)(H,39,40,41)(H,42,43,44). The second-order valence-electron chi connectivity index (χ2n) is 11.1. The number of carbonyl (C=O) groups excluding carboxylic acids is 2. The van der Waals surface area contributed by atoms with E-state index >= 15 is 0 Å². The Kier molecular flexibility index (Phi) is 7.24. The smallest absolute Gasteiger partial charge is 0.296 e. The molecule has 2 aromatic carbocycles. The summed E-state index contributed by atoms with van der Waals surface area (Å²) in [6, 6.07) is 6.31. The summed E-state index contributed by atoms with van der Waals surface area (Å²) in [6.45, 7) is 3.48. The number of thiophene rings is 2. The summed E-state index contributed by atoms with van der Waals surface area (Å²) < 4.78 is 101. The van der Waals surface area contributed by atoms with Crippen LogP contribution in [0.1, 0.15) is 30.7 Å². The van der Waals surface area contributed by atoms with Crippen molar-refractivity contribution in [2.24, 2.45) is 14.1 Å². The summed E-state index contributed by atoms with van der Waals surface area (Å²) in [5.41, 5.74) is -0.507. The van der Waals surface area contributed by atoms with Crippen LogP contribution in [0, 0.1) is 13.8 Å². The molecule has 49 heavy (non-hydrogen) atoms. The van der Waals surface area contributed by atoms with Crippen molar-refractivity contribution in [2.45, 2.75) is 33.4 Å². The molecule has 0 unspecified atom stereocenters. The fraction of sp³-hybridized carbons (Fsp3) is 0.143. The van der Waals surface area contributed by atoms with E-state index in [0.29, 0.717) is 31.8 Å². The summed E-state index contributed by atoms with van der Waals surface area (Å²) in [5.74, 6) is -1.60. The summed E-state index contributed by atoms with van der Waals surface area (Å²) in [6.07, 6.45) is 0. The number of aromatic nitrogens is 4. The topological polar surface area (TPSA) is 237 Å². The molecule has 4 N–H and O–H groups in total. The molecular formula is C28H22N6O10S5. The SMILES string of the molecule is Cc1nn(C)c2sc(C(=O)Nc3cc4c(cc3S(=O)(=O)O)-c3cc(S(=O)(=O)O)c(NC(=O)c5cc6c(C)nn(C)c6s5)cc3S4(=O)=O)cc12. The Morgan fingerprint density at radius 1 is 0.694 bits per heavy atom. The van der Waals surface area contributed by atoms with Crippen LogP contribution in [-0.4, -0.2) is 65.7 Å². The van der Waals surface area contributed by atoms with Crippen molar-refractivity contribution < 1.29 is 43.9 Å². The number of nitrogens with zero attached hydrogens (tertiary/aromatic N) is 4. The normalized spacial score (nSPS) is 13.9. The fourth-order valence-corrected chi connectivity index (χ4v) is 10.8. The number of carbonyl (C=O) groups is 2. The van der Waals surface area contributed by atoms with E-state index in [1.54, 1.807) is 37.3 Å². The number of benzene rings is 2. The molecule has 0 saturated heterocycles. The lowest BCUT2D eigenvalue weighted by molar-refractivity contribution is 0.102. The summed E-state index contributed by atoms with van der Waals surface area (Å²) in [5, 5.41) is 14.6. The van der Waals surface area contributed by atoms with Gasteiger partial charge in [-0.3, -0.25) is 28.1 Å². The first-order valence-corrected chi connectivity index (χ1v) is 19.8. The molecule has 0 spiro atoms. The van der Waals surface area contributed by atoms with E-state index in [1.807, 2.05) is 0 Å². The molecule has 0 atom stereocenters. The molecule has 1 aliphatic heterocycles. The Morgan fingerprint density at radius 2 is 1.06 bits per heavy atom. The highest BCUT2D eigenvalue weighted by Gasteiger charge is 2.38. The molecule has 0 saturated carbocycles. The van der Waals surface area contributed by atoms with Crippen LogP contribution in [0.4, 0.5) is 11.4 Å². The number of nitrogens with one attached hydrogen (secondary N) is 2. The molecule has 0 fully saturated rings. The minimum atomic E-state index is -5.11. The molecule has 21 heteroatoms. The highest BCUT2D eigenvalue weighted by Crippen LogP contribution is 2.48. The zero-order valence-electron chi connectivity index (χ0n) is 25.5. The maximum Gasteiger partial charge on any atom is 0.296 e. The van der Waals surface area contributed by atoms with E-state index < -0.39 is 72.8 Å². The van der Waals surface area contributed by atoms with E-state index in [-0.39, 0.29) is 20.9 Å². The average Bonchev–Trinajstić information content (AvgIpc) is 3.78. The Morgan fingerprint density at radius 3 is 1.39 bits per heavy atom. The Labute approximate surface area is 285 Å². The van der Waals surface area contributed by atoms with Crippen LogP contribution in [0.5, 0.6) is 0 Å². The van der Waals surface area contributed by atoms with E-state index in [4.69, 9.17) is 0 Å². The number of hydrogen-bond donors (Lipinski definition) is 4. The predicted octanol–water partition coefficient (Wildman–Crippen LogP) is 4.01. The van der Waals surface area contributed by atoms with Gasteiger partial charge in [-0.2, -0.15) is 27.0 Å². The van der Waals surface area contributed by atoms with E-state index in [1.165, 1.54) is 12.1 Å². The lowest BCUT2D eigenvalue weighted by atomic mass is 10.0. The lowest BCUT2D eigenvalue weighted by Gasteiger charge is -2.12. The highest BCUT2D eigenvalue weighted by atomic mass is 32.2. The first-order chi connectivity index (χ1) is 22.8. The predicted molar refractivity (Wildman–Crippen MR) is 180 cm³/mol. The Bertz CT molecular complexity index is 2570. The molecule has 1 aliphatic rings. The summed E-state index contributed by atoms with van der Waals surface area (Å²) in [7, 11) is -11.4. The molecule has 16 nitrogen and oxygen atoms in total. The van der Waals surface area contributed by atoms with Gasteiger partial charge in [0.1, 0.15) is 19.5 Å². The monoisotopic (exact) mass is 762 g/mol. The number of aryl methyl sites for hydroxylation is 4. The Balaban J connectivity index is 1.33. The molecule has 0 radical (unpaired) electrons. The number of sulfone groups is 1. The third-order valence-electron chi connectivity index (χ3n) is 7.92. The van der Waals surface area contributed by atoms with Crippen LogP contribution >= 0.6 is 22.7 Å². The van der Waals surface area contributed by atoms with Gasteiger partial charge in [0.05, 0.1) is 42.3 Å². The van der Waals surface area contributed by atoms with Crippen LogP contribution in [0.3, 0.4) is 0 Å². The van der Waals surface area contributed by atoms with Crippen LogP contribution in [0.15, 0.2) is 56.0 Å². The van der Waals surface area contributed by atoms with Gasteiger partial charge in [-0.25, -0.2) is 8.42 Å². The van der Waals surface area contributed by atoms with Gasteiger partial charge in [-0.15, -0.1) is 22.7 Å². The van der Waals surface area contributed by atoms with Gasteiger partial charge in [0, 0.05) is 36.0 Å². The second kappa shape index (κ2) is 10.7. The van der Waals surface area contributed by atoms with E-state index in [2.05, 4.69) is 20.8 Å². The minimum absolute atomic E-state index is 0.141. The molecule has 7 rings (SSSR count). The van der Waals surface area contributed by atoms with Gasteiger partial charge < -0.3 is 10.6 Å². The number of amides is 2. The fourth-order valence-electron chi connectivity index (χ4n) is 5.73. The molecule has 0 bridgehead atoms. The van der Waals surface area contributed by atoms with Gasteiger partial charge in [0.25, 0.3) is 32.1 Å². The van der Waals surface area contributed by atoms with Gasteiger partial charge in [0.15, 0.2) is 0 Å². The van der Waals surface area contributed by atoms with Crippen LogP contribution in [0.2, 0.25) is 0 Å². The van der Waals surface area contributed by atoms with Gasteiger partial charge in [-0.1, -0.05) is 0 Å². The zero-order chi connectivity index (χ0) is 35.5. The Hall–Kier alpha value is -4.51. The average molecular weight is 763 g/mol. The summed E-state index contributed by atoms with van der Waals surface area (Å²) in [4.78, 5) is 25.3. The molecular weight excluding hydrogens is 741 g/mol. The van der Waals surface area contributed by atoms with E-state index in [0.717, 1.165) is 46.9 Å². The van der Waals surface area contributed by atoms with Crippen molar-refractivity contribution in [1.82, 2.24) is 19.6 Å². The van der Waals surface area contributed by atoms with Gasteiger partial charge in [0.2, 0.25) is 9.84 Å². The molecule has 0 aliphatic carbocycles. The van der Waals surface area contributed by atoms with Gasteiger partial charge >= 0.3 is 0 Å². The zero-order valence-corrected chi connectivity index (χ0v) is 29.5. The maximum atomic E-state index is 13.9. The van der Waals surface area contributed by atoms with Crippen molar-refractivity contribution in [3.8, 4) is 11.1 Å². The second-order valence-corrected chi connectivity index (χ2v) is 17.9. The third kappa shape index (κ3) is 5.24. The van der Waals surface area contributed by atoms with Crippen molar-refractivity contribution >= 4 is 96.4 Å². The molecule has 5 heterocycles. The third-order valence-corrected chi connectivity index (χ3v) is 13.9. The number of rotatable bonds is 6. The molecule has 6 aromatic rings.